The van der Waals surface area contributed by atoms with Gasteiger partial charge >= 0.3 is 0 Å². The van der Waals surface area contributed by atoms with Gasteiger partial charge in [-0.15, -0.1) is 5.73 Å². The Morgan fingerprint density at radius 1 is 1.23 bits per heavy atom. The summed E-state index contributed by atoms with van der Waals surface area (Å²) in [5, 5.41) is 0.686. The van der Waals surface area contributed by atoms with E-state index in [-0.39, 0.29) is 6.42 Å². The Morgan fingerprint density at radius 3 is 2.46 bits per heavy atom. The quantitative estimate of drug-likeness (QED) is 0.220. The van der Waals surface area contributed by atoms with E-state index < -0.39 is 14.2 Å². The summed E-state index contributed by atoms with van der Waals surface area (Å²) in [6.45, 7) is 19.4. The van der Waals surface area contributed by atoms with Crippen molar-refractivity contribution >= 4 is 8.58 Å². The molecule has 0 fully saturated rings. The van der Waals surface area contributed by atoms with E-state index in [2.05, 4.69) is 32.0 Å². The Bertz CT molecular complexity index is 751. The van der Waals surface area contributed by atoms with Crippen molar-refractivity contribution in [3.8, 4) is 0 Å². The second-order valence-corrected chi connectivity index (χ2v) is 7.65. The molecule has 0 amide bonds. The van der Waals surface area contributed by atoms with Crippen LogP contribution in [-0.2, 0) is 0 Å². The molecule has 1 aliphatic heterocycles. The van der Waals surface area contributed by atoms with E-state index in [1.165, 1.54) is 6.08 Å². The monoisotopic (exact) mass is 372 g/mol. The maximum Gasteiger partial charge on any atom is 0.269 e. The van der Waals surface area contributed by atoms with Gasteiger partial charge in [0.1, 0.15) is 0 Å². The first-order valence-electron chi connectivity index (χ1n) is 8.50. The van der Waals surface area contributed by atoms with Gasteiger partial charge in [-0.05, 0) is 69.5 Å². The van der Waals surface area contributed by atoms with Crippen LogP contribution in [0.15, 0.2) is 102 Å². The molecule has 0 N–H and O–H groups in total. The van der Waals surface area contributed by atoms with Crippen molar-refractivity contribution in [2.75, 3.05) is 0 Å². The maximum absolute atomic E-state index is 13.6. The lowest BCUT2D eigenvalue weighted by Gasteiger charge is -2.10. The van der Waals surface area contributed by atoms with E-state index in [4.69, 9.17) is 0 Å². The first-order chi connectivity index (χ1) is 12.2. The number of hydrogen-bond acceptors (Lipinski definition) is 0. The molecular weight excluding hydrogens is 345 g/mol. The highest BCUT2D eigenvalue weighted by Crippen LogP contribution is 2.54. The van der Waals surface area contributed by atoms with Crippen LogP contribution in [-0.4, -0.2) is 5.66 Å². The lowest BCUT2D eigenvalue weighted by molar-refractivity contribution is 0.107. The highest BCUT2D eigenvalue weighted by molar-refractivity contribution is 7.45. The number of alkyl halides is 2. The zero-order valence-electron chi connectivity index (χ0n) is 15.7. The molecule has 0 nitrogen and oxygen atoms in total. The minimum Gasteiger partial charge on any atom is -0.201 e. The van der Waals surface area contributed by atoms with Crippen LogP contribution < -0.4 is 0 Å². The standard InChI is InChI=1S/C23H27F2P/c1-7-10-12-21(11-8-2)18(5)14-13-17(4)19(6)15-22-20(9-3)16-23(24,25)26-22/h7-10,12,15,26H,1,3-5,13-14,16H2,2,6H3/b12-10-,19-15+. The number of rotatable bonds is 9. The zero-order chi connectivity index (χ0) is 19.7. The Balaban J connectivity index is 2.80. The largest absolute Gasteiger partial charge is 0.269 e. The summed E-state index contributed by atoms with van der Waals surface area (Å²) in [7, 11) is -0.505. The summed E-state index contributed by atoms with van der Waals surface area (Å²) in [5.74, 6) is 0. The van der Waals surface area contributed by atoms with E-state index in [0.717, 1.165) is 28.7 Å². The van der Waals surface area contributed by atoms with Crippen LogP contribution in [0.5, 0.6) is 0 Å². The molecule has 0 saturated heterocycles. The predicted octanol–water partition coefficient (Wildman–Crippen LogP) is 7.78. The van der Waals surface area contributed by atoms with Gasteiger partial charge in [0.25, 0.3) is 5.66 Å². The fourth-order valence-corrected chi connectivity index (χ4v) is 3.82. The smallest absolute Gasteiger partial charge is 0.201 e. The van der Waals surface area contributed by atoms with Gasteiger partial charge in [-0.2, -0.15) is 0 Å². The van der Waals surface area contributed by atoms with Crippen molar-refractivity contribution in [1.82, 2.24) is 0 Å². The summed E-state index contributed by atoms with van der Waals surface area (Å²) in [6, 6.07) is 0. The molecule has 0 aromatic carbocycles. The van der Waals surface area contributed by atoms with E-state index in [0.29, 0.717) is 17.3 Å². The maximum atomic E-state index is 13.6. The summed E-state index contributed by atoms with van der Waals surface area (Å²) in [4.78, 5) is 0. The number of allylic oxidation sites excluding steroid dienone is 11. The Morgan fingerprint density at radius 2 is 1.88 bits per heavy atom. The van der Waals surface area contributed by atoms with E-state index >= 15 is 0 Å². The topological polar surface area (TPSA) is 0 Å². The normalized spacial score (nSPS) is 17.3. The molecule has 1 atom stereocenters. The predicted molar refractivity (Wildman–Crippen MR) is 113 cm³/mol. The van der Waals surface area contributed by atoms with Crippen LogP contribution in [0.2, 0.25) is 0 Å². The third-order valence-corrected chi connectivity index (χ3v) is 5.33. The molecule has 138 valence electrons. The fraction of sp³-hybridized carbons (Fsp3) is 0.261. The summed E-state index contributed by atoms with van der Waals surface area (Å²) in [5.41, 5.74) is 4.89. The molecular formula is C23H27F2P. The Hall–Kier alpha value is -2.01. The minimum atomic E-state index is -2.64. The third-order valence-electron chi connectivity index (χ3n) is 4.05. The molecule has 0 saturated carbocycles. The van der Waals surface area contributed by atoms with Crippen molar-refractivity contribution in [2.45, 2.75) is 38.8 Å². The molecule has 1 heterocycles. The van der Waals surface area contributed by atoms with E-state index in [1.807, 2.05) is 38.2 Å². The lowest BCUT2D eigenvalue weighted by atomic mass is 9.97. The van der Waals surface area contributed by atoms with Gasteiger partial charge in [0, 0.05) is 12.0 Å². The van der Waals surface area contributed by atoms with Crippen molar-refractivity contribution < 1.29 is 8.78 Å². The van der Waals surface area contributed by atoms with Gasteiger partial charge in [-0.25, -0.2) is 8.78 Å². The first-order valence-corrected chi connectivity index (χ1v) is 9.50. The molecule has 0 aliphatic carbocycles. The highest BCUT2D eigenvalue weighted by atomic mass is 31.1. The molecule has 0 spiro atoms. The van der Waals surface area contributed by atoms with Crippen LogP contribution in [0.4, 0.5) is 8.78 Å². The van der Waals surface area contributed by atoms with Gasteiger partial charge < -0.3 is 0 Å². The van der Waals surface area contributed by atoms with Gasteiger partial charge in [0.05, 0.1) is 0 Å². The van der Waals surface area contributed by atoms with Crippen molar-refractivity contribution in [1.29, 1.82) is 0 Å². The third kappa shape index (κ3) is 6.71. The summed E-state index contributed by atoms with van der Waals surface area (Å²) >= 11 is 0. The van der Waals surface area contributed by atoms with E-state index in [9.17, 15) is 8.78 Å². The summed E-state index contributed by atoms with van der Waals surface area (Å²) in [6.07, 6.45) is 11.9. The number of hydrogen-bond donors (Lipinski definition) is 0. The molecule has 1 aliphatic rings. The molecule has 0 radical (unpaired) electrons. The molecule has 3 heteroatoms. The average molecular weight is 372 g/mol. The van der Waals surface area contributed by atoms with Crippen molar-refractivity contribution in [3.05, 3.63) is 102 Å². The van der Waals surface area contributed by atoms with Gasteiger partial charge in [-0.3, -0.25) is 0 Å². The molecule has 1 rings (SSSR count). The van der Waals surface area contributed by atoms with Gasteiger partial charge in [0.15, 0.2) is 0 Å². The fourth-order valence-electron chi connectivity index (χ4n) is 2.51. The summed E-state index contributed by atoms with van der Waals surface area (Å²) < 4.78 is 27.3. The highest BCUT2D eigenvalue weighted by Gasteiger charge is 2.37. The van der Waals surface area contributed by atoms with Gasteiger partial charge in [0.2, 0.25) is 0 Å². The van der Waals surface area contributed by atoms with Gasteiger partial charge in [-0.1, -0.05) is 56.2 Å². The first kappa shape index (κ1) is 22.0. The molecule has 0 aromatic rings. The van der Waals surface area contributed by atoms with Crippen LogP contribution >= 0.6 is 8.58 Å². The van der Waals surface area contributed by atoms with Crippen molar-refractivity contribution in [3.63, 3.8) is 0 Å². The lowest BCUT2D eigenvalue weighted by Crippen LogP contribution is -2.02. The zero-order valence-corrected chi connectivity index (χ0v) is 16.7. The second kappa shape index (κ2) is 10.2. The van der Waals surface area contributed by atoms with Crippen LogP contribution in [0, 0.1) is 0 Å². The van der Waals surface area contributed by atoms with Crippen molar-refractivity contribution in [2.24, 2.45) is 0 Å². The Labute approximate surface area is 158 Å². The molecule has 1 unspecified atom stereocenters. The second-order valence-electron chi connectivity index (χ2n) is 6.13. The van der Waals surface area contributed by atoms with Crippen LogP contribution in [0.25, 0.3) is 0 Å². The SMILES string of the molecule is C=C/C=C\C(=C=CC)C(=C)CCC(=C)/C(C)=C/C1=C(C=C)CC(F)(F)P1. The molecule has 0 aromatic heterocycles. The van der Waals surface area contributed by atoms with Crippen LogP contribution in [0.1, 0.15) is 33.1 Å². The average Bonchev–Trinajstić information content (AvgIpc) is 2.89. The minimum absolute atomic E-state index is 0.218. The molecule has 26 heavy (non-hydrogen) atoms. The molecule has 0 bridgehead atoms. The van der Waals surface area contributed by atoms with E-state index in [1.54, 1.807) is 6.08 Å². The number of halogens is 2. The Kier molecular flexibility index (Phi) is 8.66. The van der Waals surface area contributed by atoms with Crippen LogP contribution in [0.3, 0.4) is 0 Å².